The van der Waals surface area contributed by atoms with Gasteiger partial charge in [-0.1, -0.05) is 30.3 Å². The Morgan fingerprint density at radius 2 is 1.80 bits per heavy atom. The van der Waals surface area contributed by atoms with Crippen LogP contribution < -0.4 is 5.32 Å². The van der Waals surface area contributed by atoms with Crippen LogP contribution in [0.2, 0.25) is 0 Å². The summed E-state index contributed by atoms with van der Waals surface area (Å²) in [5.74, 6) is -0.0377. The molecular weight excluding hydrogens is 378 g/mol. The number of benzene rings is 1. The molecule has 3 aromatic rings. The Hall–Kier alpha value is -3.48. The highest BCUT2D eigenvalue weighted by Gasteiger charge is 2.28. The maximum Gasteiger partial charge on any atom is 0.271 e. The lowest BCUT2D eigenvalue weighted by Gasteiger charge is -2.31. The van der Waals surface area contributed by atoms with E-state index < -0.39 is 0 Å². The van der Waals surface area contributed by atoms with Crippen molar-refractivity contribution in [2.75, 3.05) is 19.6 Å². The molecule has 7 nitrogen and oxygen atoms in total. The van der Waals surface area contributed by atoms with Crippen LogP contribution in [0.1, 0.15) is 28.9 Å². The van der Waals surface area contributed by atoms with Crippen LogP contribution in [0.25, 0.3) is 11.3 Å². The van der Waals surface area contributed by atoms with E-state index in [1.54, 1.807) is 23.4 Å². The van der Waals surface area contributed by atoms with Crippen molar-refractivity contribution < 1.29 is 9.59 Å². The Kier molecular flexibility index (Phi) is 6.17. The monoisotopic (exact) mass is 403 g/mol. The van der Waals surface area contributed by atoms with E-state index in [0.29, 0.717) is 43.9 Å². The van der Waals surface area contributed by atoms with Crippen molar-refractivity contribution in [1.29, 1.82) is 0 Å². The average molecular weight is 403 g/mol. The minimum Gasteiger partial charge on any atom is -0.356 e. The topological polar surface area (TPSA) is 91.0 Å². The van der Waals surface area contributed by atoms with Crippen molar-refractivity contribution in [3.63, 3.8) is 0 Å². The van der Waals surface area contributed by atoms with Crippen LogP contribution in [0.15, 0.2) is 60.9 Å². The third kappa shape index (κ3) is 4.74. The van der Waals surface area contributed by atoms with Crippen molar-refractivity contribution in [2.45, 2.75) is 19.3 Å². The van der Waals surface area contributed by atoms with Gasteiger partial charge in [0.25, 0.3) is 5.91 Å². The normalized spacial score (nSPS) is 14.5. The van der Waals surface area contributed by atoms with Gasteiger partial charge in [0.05, 0.1) is 5.69 Å². The molecular formula is C23H25N5O2. The van der Waals surface area contributed by atoms with E-state index in [2.05, 4.69) is 32.6 Å². The first-order valence-electron chi connectivity index (χ1n) is 10.3. The molecule has 1 saturated heterocycles. The lowest BCUT2D eigenvalue weighted by molar-refractivity contribution is -0.126. The minimum absolute atomic E-state index is 0.0426. The van der Waals surface area contributed by atoms with E-state index in [1.165, 1.54) is 5.56 Å². The second-order valence-electron chi connectivity index (χ2n) is 7.50. The predicted octanol–water partition coefficient (Wildman–Crippen LogP) is 2.68. The quantitative estimate of drug-likeness (QED) is 0.662. The summed E-state index contributed by atoms with van der Waals surface area (Å²) in [6.07, 6.45) is 5.56. The number of carbonyl (C=O) groups is 2. The maximum atomic E-state index is 12.8. The highest BCUT2D eigenvalue weighted by molar-refractivity contribution is 5.93. The van der Waals surface area contributed by atoms with Gasteiger partial charge in [-0.25, -0.2) is 0 Å². The Morgan fingerprint density at radius 1 is 1.07 bits per heavy atom. The maximum absolute atomic E-state index is 12.8. The average Bonchev–Trinajstić information content (AvgIpc) is 3.30. The van der Waals surface area contributed by atoms with Crippen LogP contribution in [0.4, 0.5) is 0 Å². The van der Waals surface area contributed by atoms with Crippen LogP contribution >= 0.6 is 0 Å². The molecule has 154 valence electrons. The van der Waals surface area contributed by atoms with Crippen molar-refractivity contribution in [2.24, 2.45) is 5.92 Å². The lowest BCUT2D eigenvalue weighted by atomic mass is 9.95. The van der Waals surface area contributed by atoms with Crippen LogP contribution in [-0.4, -0.2) is 51.5 Å². The van der Waals surface area contributed by atoms with Gasteiger partial charge in [0.2, 0.25) is 5.91 Å². The molecule has 1 aromatic carbocycles. The number of likely N-dealkylation sites (tertiary alicyclic amines) is 1. The predicted molar refractivity (Wildman–Crippen MR) is 114 cm³/mol. The van der Waals surface area contributed by atoms with Gasteiger partial charge < -0.3 is 10.2 Å². The molecule has 1 fully saturated rings. The fourth-order valence-electron chi connectivity index (χ4n) is 3.74. The van der Waals surface area contributed by atoms with Gasteiger partial charge in [-0.05, 0) is 43.0 Å². The van der Waals surface area contributed by atoms with Crippen molar-refractivity contribution in [3.8, 4) is 11.3 Å². The number of carbonyl (C=O) groups excluding carboxylic acids is 2. The minimum atomic E-state index is -0.0780. The number of aromatic amines is 1. The van der Waals surface area contributed by atoms with Gasteiger partial charge >= 0.3 is 0 Å². The summed E-state index contributed by atoms with van der Waals surface area (Å²) < 4.78 is 0. The van der Waals surface area contributed by atoms with Crippen molar-refractivity contribution in [1.82, 2.24) is 25.4 Å². The number of H-pyrrole nitrogens is 1. The summed E-state index contributed by atoms with van der Waals surface area (Å²) in [6.45, 7) is 1.77. The van der Waals surface area contributed by atoms with Crippen LogP contribution in [0.3, 0.4) is 0 Å². The Bertz CT molecular complexity index is 979. The van der Waals surface area contributed by atoms with E-state index in [4.69, 9.17) is 0 Å². The fourth-order valence-corrected chi connectivity index (χ4v) is 3.74. The summed E-state index contributed by atoms with van der Waals surface area (Å²) in [5.41, 5.74) is 3.30. The number of amides is 2. The second kappa shape index (κ2) is 9.35. The number of piperidine rings is 1. The molecule has 0 saturated carbocycles. The number of nitrogens with one attached hydrogen (secondary N) is 2. The van der Waals surface area contributed by atoms with Gasteiger partial charge in [-0.3, -0.25) is 19.7 Å². The summed E-state index contributed by atoms with van der Waals surface area (Å²) in [4.78, 5) is 31.0. The number of rotatable bonds is 6. The summed E-state index contributed by atoms with van der Waals surface area (Å²) in [7, 11) is 0. The summed E-state index contributed by atoms with van der Waals surface area (Å²) in [6, 6.07) is 15.6. The Balaban J connectivity index is 1.25. The van der Waals surface area contributed by atoms with Gasteiger partial charge in [0.1, 0.15) is 5.69 Å². The number of aromatic nitrogens is 3. The summed E-state index contributed by atoms with van der Waals surface area (Å²) in [5, 5.41) is 10.1. The zero-order chi connectivity index (χ0) is 20.8. The molecule has 4 rings (SSSR count). The molecule has 0 aliphatic carbocycles. The second-order valence-corrected chi connectivity index (χ2v) is 7.50. The van der Waals surface area contributed by atoms with Crippen LogP contribution in [0, 0.1) is 5.92 Å². The lowest BCUT2D eigenvalue weighted by Crippen LogP contribution is -2.43. The molecule has 1 aliphatic heterocycles. The van der Waals surface area contributed by atoms with Gasteiger partial charge in [-0.2, -0.15) is 5.10 Å². The van der Waals surface area contributed by atoms with Crippen molar-refractivity contribution >= 4 is 11.8 Å². The number of pyridine rings is 1. The standard InChI is InChI=1S/C23H25N5O2/c29-22(25-13-6-17-4-2-1-3-5-17)19-9-14-28(15-10-19)23(30)21-16-20(26-27-21)18-7-11-24-12-8-18/h1-5,7-8,11-12,16,19H,6,9-10,13-15H2,(H,25,29)(H,26,27). The van der Waals surface area contributed by atoms with Gasteiger partial charge in [-0.15, -0.1) is 0 Å². The third-order valence-electron chi connectivity index (χ3n) is 5.49. The van der Waals surface area contributed by atoms with E-state index in [0.717, 1.165) is 12.0 Å². The largest absolute Gasteiger partial charge is 0.356 e. The molecule has 0 radical (unpaired) electrons. The Morgan fingerprint density at radius 3 is 2.53 bits per heavy atom. The van der Waals surface area contributed by atoms with Gasteiger partial charge in [0, 0.05) is 43.5 Å². The highest BCUT2D eigenvalue weighted by Crippen LogP contribution is 2.21. The molecule has 7 heteroatoms. The molecule has 0 unspecified atom stereocenters. The first kappa shape index (κ1) is 19.8. The third-order valence-corrected chi connectivity index (χ3v) is 5.49. The zero-order valence-electron chi connectivity index (χ0n) is 16.8. The van der Waals surface area contributed by atoms with E-state index >= 15 is 0 Å². The highest BCUT2D eigenvalue weighted by atomic mass is 16.2. The van der Waals surface area contributed by atoms with E-state index in [9.17, 15) is 9.59 Å². The van der Waals surface area contributed by atoms with Crippen LogP contribution in [0.5, 0.6) is 0 Å². The fraction of sp³-hybridized carbons (Fsp3) is 0.304. The molecule has 0 atom stereocenters. The van der Waals surface area contributed by atoms with Gasteiger partial charge in [0.15, 0.2) is 0 Å². The number of hydrogen-bond acceptors (Lipinski definition) is 4. The molecule has 2 amide bonds. The van der Waals surface area contributed by atoms with E-state index in [-0.39, 0.29) is 17.7 Å². The van der Waals surface area contributed by atoms with Crippen LogP contribution in [-0.2, 0) is 11.2 Å². The summed E-state index contributed by atoms with van der Waals surface area (Å²) >= 11 is 0. The van der Waals surface area contributed by atoms with E-state index in [1.807, 2.05) is 30.3 Å². The smallest absolute Gasteiger partial charge is 0.271 e. The molecule has 2 aromatic heterocycles. The Labute approximate surface area is 175 Å². The first-order valence-corrected chi connectivity index (χ1v) is 10.3. The SMILES string of the molecule is O=C(NCCc1ccccc1)C1CCN(C(=O)c2cc(-c3ccncc3)n[nH]2)CC1. The molecule has 0 spiro atoms. The number of hydrogen-bond donors (Lipinski definition) is 2. The molecule has 0 bridgehead atoms. The molecule has 2 N–H and O–H groups in total. The zero-order valence-corrected chi connectivity index (χ0v) is 16.8. The molecule has 1 aliphatic rings. The van der Waals surface area contributed by atoms with Crippen molar-refractivity contribution in [3.05, 3.63) is 72.2 Å². The first-order chi connectivity index (χ1) is 14.7. The molecule has 3 heterocycles. The molecule has 30 heavy (non-hydrogen) atoms. The number of nitrogens with zero attached hydrogens (tertiary/aromatic N) is 3.